The summed E-state index contributed by atoms with van der Waals surface area (Å²) in [5.41, 5.74) is -5.65. The van der Waals surface area contributed by atoms with Crippen molar-refractivity contribution < 1.29 is 49.1 Å². The molecule has 2 amide bonds. The van der Waals surface area contributed by atoms with E-state index >= 15 is 0 Å². The molecule has 1 N–H and O–H groups in total. The van der Waals surface area contributed by atoms with E-state index in [2.05, 4.69) is 9.98 Å². The summed E-state index contributed by atoms with van der Waals surface area (Å²) in [7, 11) is 0. The van der Waals surface area contributed by atoms with Crippen LogP contribution in [0.15, 0.2) is 71.7 Å². The van der Waals surface area contributed by atoms with E-state index in [1.165, 1.54) is 53.8 Å². The number of hydrogen-bond donors (Lipinski definition) is 1. The number of hydrogen-bond acceptors (Lipinski definition) is 3. The van der Waals surface area contributed by atoms with Crippen molar-refractivity contribution in [2.45, 2.75) is 18.5 Å². The fourth-order valence-electron chi connectivity index (χ4n) is 3.06. The SMILES string of the molecule is O=C(N=C(c1ccccc1)c1c(C(F)(F)F)cc(-c2ccccc2)nc1NC(=O)C(F)(F)F)C(F)(F)F. The molecule has 0 spiro atoms. The van der Waals surface area contributed by atoms with Gasteiger partial charge in [0.1, 0.15) is 5.82 Å². The van der Waals surface area contributed by atoms with Gasteiger partial charge in [0, 0.05) is 11.1 Å². The molecule has 0 aliphatic rings. The number of aromatic nitrogens is 1. The van der Waals surface area contributed by atoms with Gasteiger partial charge in [-0.1, -0.05) is 60.7 Å². The number of halogens is 9. The normalized spacial score (nSPS) is 12.8. The van der Waals surface area contributed by atoms with Crippen molar-refractivity contribution >= 4 is 23.3 Å². The summed E-state index contributed by atoms with van der Waals surface area (Å²) in [5.74, 6) is -7.00. The van der Waals surface area contributed by atoms with Crippen LogP contribution in [-0.2, 0) is 15.8 Å². The minimum Gasteiger partial charge on any atom is -0.302 e. The third kappa shape index (κ3) is 6.51. The Morgan fingerprint density at radius 3 is 1.78 bits per heavy atom. The molecule has 0 atom stereocenters. The summed E-state index contributed by atoms with van der Waals surface area (Å²) in [6.45, 7) is 0. The molecule has 0 fully saturated rings. The molecule has 0 aliphatic heterocycles. The third-order valence-electron chi connectivity index (χ3n) is 4.62. The topological polar surface area (TPSA) is 71.4 Å². The molecule has 0 aliphatic carbocycles. The Kier molecular flexibility index (Phi) is 7.41. The van der Waals surface area contributed by atoms with Crippen LogP contribution in [0.25, 0.3) is 11.3 Å². The first-order chi connectivity index (χ1) is 17.1. The highest BCUT2D eigenvalue weighted by molar-refractivity contribution is 6.21. The van der Waals surface area contributed by atoms with Crippen LogP contribution in [0.3, 0.4) is 0 Å². The molecule has 0 unspecified atom stereocenters. The van der Waals surface area contributed by atoms with E-state index < -0.39 is 64.3 Å². The first-order valence-corrected chi connectivity index (χ1v) is 9.90. The van der Waals surface area contributed by atoms with Gasteiger partial charge in [0.05, 0.1) is 22.5 Å². The van der Waals surface area contributed by atoms with Gasteiger partial charge in [-0.15, -0.1) is 0 Å². The molecule has 1 heterocycles. The summed E-state index contributed by atoms with van der Waals surface area (Å²) in [6.07, 6.45) is -16.6. The Morgan fingerprint density at radius 1 is 0.757 bits per heavy atom. The largest absolute Gasteiger partial charge is 0.473 e. The van der Waals surface area contributed by atoms with E-state index in [4.69, 9.17) is 0 Å². The van der Waals surface area contributed by atoms with Crippen molar-refractivity contribution in [2.75, 3.05) is 5.32 Å². The van der Waals surface area contributed by atoms with Gasteiger partial charge in [-0.25, -0.2) is 9.98 Å². The number of carbonyl (C=O) groups excluding carboxylic acids is 2. The zero-order valence-corrected chi connectivity index (χ0v) is 18.0. The maximum absolute atomic E-state index is 14.2. The fraction of sp³-hybridized carbons (Fsp3) is 0.130. The van der Waals surface area contributed by atoms with Crippen LogP contribution in [0.1, 0.15) is 16.7 Å². The molecule has 3 rings (SSSR count). The molecular formula is C23H12F9N3O2. The Labute approximate surface area is 201 Å². The zero-order valence-electron chi connectivity index (χ0n) is 18.0. The van der Waals surface area contributed by atoms with Gasteiger partial charge in [0.25, 0.3) is 0 Å². The third-order valence-corrected chi connectivity index (χ3v) is 4.62. The monoisotopic (exact) mass is 533 g/mol. The number of pyridine rings is 1. The molecule has 194 valence electrons. The van der Waals surface area contributed by atoms with Gasteiger partial charge in [-0.3, -0.25) is 9.59 Å². The van der Waals surface area contributed by atoms with Crippen LogP contribution in [0.5, 0.6) is 0 Å². The number of aliphatic imine (C=N–C) groups is 1. The summed E-state index contributed by atoms with van der Waals surface area (Å²) >= 11 is 0. The summed E-state index contributed by atoms with van der Waals surface area (Å²) < 4.78 is 121. The average Bonchev–Trinajstić information content (AvgIpc) is 2.81. The van der Waals surface area contributed by atoms with Gasteiger partial charge in [0.2, 0.25) is 0 Å². The fourth-order valence-corrected chi connectivity index (χ4v) is 3.06. The van der Waals surface area contributed by atoms with Crippen LogP contribution in [0.4, 0.5) is 45.3 Å². The lowest BCUT2D eigenvalue weighted by Gasteiger charge is -2.20. The number of alkyl halides is 9. The van der Waals surface area contributed by atoms with E-state index in [1.807, 2.05) is 0 Å². The number of benzene rings is 2. The molecule has 1 aromatic heterocycles. The molecular weight excluding hydrogens is 521 g/mol. The van der Waals surface area contributed by atoms with E-state index in [0.717, 1.165) is 12.1 Å². The lowest BCUT2D eigenvalue weighted by Crippen LogP contribution is -2.32. The van der Waals surface area contributed by atoms with Crippen molar-refractivity contribution in [1.82, 2.24) is 4.98 Å². The second-order valence-electron chi connectivity index (χ2n) is 7.22. The second kappa shape index (κ2) is 10.0. The van der Waals surface area contributed by atoms with Gasteiger partial charge in [0.15, 0.2) is 0 Å². The van der Waals surface area contributed by atoms with Crippen LogP contribution in [-0.4, -0.2) is 34.9 Å². The van der Waals surface area contributed by atoms with Crippen LogP contribution >= 0.6 is 0 Å². The average molecular weight is 533 g/mol. The second-order valence-corrected chi connectivity index (χ2v) is 7.22. The van der Waals surface area contributed by atoms with Gasteiger partial charge >= 0.3 is 30.3 Å². The maximum atomic E-state index is 14.2. The summed E-state index contributed by atoms with van der Waals surface area (Å²) in [4.78, 5) is 29.8. The minimum atomic E-state index is -5.63. The molecule has 2 aromatic carbocycles. The number of nitrogens with one attached hydrogen (secondary N) is 1. The first-order valence-electron chi connectivity index (χ1n) is 9.90. The van der Waals surface area contributed by atoms with Crippen molar-refractivity contribution in [3.63, 3.8) is 0 Å². The van der Waals surface area contributed by atoms with Crippen molar-refractivity contribution in [3.8, 4) is 11.3 Å². The molecule has 0 saturated carbocycles. The molecule has 0 bridgehead atoms. The lowest BCUT2D eigenvalue weighted by molar-refractivity contribution is -0.169. The van der Waals surface area contributed by atoms with E-state index in [-0.39, 0.29) is 5.56 Å². The highest BCUT2D eigenvalue weighted by Crippen LogP contribution is 2.39. The van der Waals surface area contributed by atoms with Crippen molar-refractivity contribution in [3.05, 3.63) is 83.4 Å². The van der Waals surface area contributed by atoms with Crippen LogP contribution in [0, 0.1) is 0 Å². The van der Waals surface area contributed by atoms with Gasteiger partial charge < -0.3 is 5.32 Å². The maximum Gasteiger partial charge on any atom is 0.473 e. The number of rotatable bonds is 4. The quantitative estimate of drug-likeness (QED) is 0.321. The lowest BCUT2D eigenvalue weighted by atomic mass is 9.95. The van der Waals surface area contributed by atoms with E-state index in [0.29, 0.717) is 6.07 Å². The van der Waals surface area contributed by atoms with Crippen LogP contribution < -0.4 is 5.32 Å². The predicted octanol–water partition coefficient (Wildman–Crippen LogP) is 6.19. The standard InChI is InChI=1S/C23H12F9N3O2/c24-21(25,26)14-11-15(12-7-3-1-4-8-12)33-18(35-20(37)23(30,31)32)16(14)17(13-9-5-2-6-10-13)34-19(36)22(27,28)29/h1-11H,(H,33,35,37). The highest BCUT2D eigenvalue weighted by Gasteiger charge is 2.44. The number of carbonyl (C=O) groups is 2. The van der Waals surface area contributed by atoms with Gasteiger partial charge in [-0.2, -0.15) is 39.5 Å². The molecule has 0 radical (unpaired) electrons. The van der Waals surface area contributed by atoms with Crippen molar-refractivity contribution in [1.29, 1.82) is 0 Å². The predicted molar refractivity (Wildman–Crippen MR) is 113 cm³/mol. The van der Waals surface area contributed by atoms with E-state index in [1.54, 1.807) is 0 Å². The van der Waals surface area contributed by atoms with Gasteiger partial charge in [-0.05, 0) is 6.07 Å². The smallest absolute Gasteiger partial charge is 0.302 e. The van der Waals surface area contributed by atoms with Crippen LogP contribution in [0.2, 0.25) is 0 Å². The molecule has 37 heavy (non-hydrogen) atoms. The number of anilines is 1. The highest BCUT2D eigenvalue weighted by atomic mass is 19.4. The first kappa shape index (κ1) is 27.4. The summed E-state index contributed by atoms with van der Waals surface area (Å²) in [5, 5.41) is 1.19. The molecule has 14 heteroatoms. The Hall–Kier alpha value is -4.23. The molecule has 5 nitrogen and oxygen atoms in total. The molecule has 3 aromatic rings. The number of amides is 2. The number of nitrogens with zero attached hydrogens (tertiary/aromatic N) is 2. The van der Waals surface area contributed by atoms with E-state index in [9.17, 15) is 49.1 Å². The summed E-state index contributed by atoms with van der Waals surface area (Å²) in [6, 6.07) is 12.8. The minimum absolute atomic E-state index is 0.0216. The Bertz CT molecular complexity index is 1330. The Balaban J connectivity index is 2.46. The van der Waals surface area contributed by atoms with Crippen molar-refractivity contribution in [2.24, 2.45) is 4.99 Å². The Morgan fingerprint density at radius 2 is 1.30 bits per heavy atom. The molecule has 0 saturated heterocycles. The zero-order chi connectivity index (χ0) is 27.6.